The van der Waals surface area contributed by atoms with Crippen LogP contribution in [-0.2, 0) is 14.8 Å². The molecule has 0 bridgehead atoms. The van der Waals surface area contributed by atoms with Gasteiger partial charge in [-0.3, -0.25) is 4.79 Å². The number of nitriles is 1. The molecular weight excluding hydrogens is 366 g/mol. The number of anilines is 1. The number of benzene rings is 2. The SMILES string of the molecule is CC[C@@H](C)NS(=O)(=O)c1ccc(OCC(=O)Nc2cccc(C#N)c2)cc1. The average Bonchev–Trinajstić information content (AvgIpc) is 2.66. The summed E-state index contributed by atoms with van der Waals surface area (Å²) in [5, 5.41) is 11.5. The van der Waals surface area contributed by atoms with Crippen LogP contribution in [0.3, 0.4) is 0 Å². The largest absolute Gasteiger partial charge is 0.484 e. The minimum atomic E-state index is -3.58. The summed E-state index contributed by atoms with van der Waals surface area (Å²) in [5.74, 6) is -0.0151. The summed E-state index contributed by atoms with van der Waals surface area (Å²) < 4.78 is 32.3. The Kier molecular flexibility index (Phi) is 6.93. The highest BCUT2D eigenvalue weighted by Crippen LogP contribution is 2.17. The monoisotopic (exact) mass is 387 g/mol. The lowest BCUT2D eigenvalue weighted by molar-refractivity contribution is -0.118. The molecule has 0 spiro atoms. The van der Waals surface area contributed by atoms with Gasteiger partial charge in [0.15, 0.2) is 6.61 Å². The summed E-state index contributed by atoms with van der Waals surface area (Å²) in [5.41, 5.74) is 0.941. The molecule has 2 rings (SSSR count). The van der Waals surface area contributed by atoms with Crippen LogP contribution in [0.15, 0.2) is 53.4 Å². The molecular formula is C19H21N3O4S. The first kappa shape index (κ1) is 20.4. The molecule has 0 aliphatic rings. The van der Waals surface area contributed by atoms with Crippen LogP contribution in [0.2, 0.25) is 0 Å². The van der Waals surface area contributed by atoms with Crippen LogP contribution in [0.1, 0.15) is 25.8 Å². The predicted octanol–water partition coefficient (Wildman–Crippen LogP) is 2.65. The second-order valence-corrected chi connectivity index (χ2v) is 7.65. The molecule has 27 heavy (non-hydrogen) atoms. The normalized spacial score (nSPS) is 12.0. The average molecular weight is 387 g/mol. The summed E-state index contributed by atoms with van der Waals surface area (Å²) in [6.45, 7) is 3.44. The number of nitrogens with one attached hydrogen (secondary N) is 2. The molecule has 0 aliphatic carbocycles. The van der Waals surface area contributed by atoms with Crippen LogP contribution >= 0.6 is 0 Å². The third-order valence-corrected chi connectivity index (χ3v) is 5.35. The van der Waals surface area contributed by atoms with Gasteiger partial charge >= 0.3 is 0 Å². The van der Waals surface area contributed by atoms with Crippen molar-refractivity contribution < 1.29 is 17.9 Å². The lowest BCUT2D eigenvalue weighted by Gasteiger charge is -2.12. The first-order valence-corrected chi connectivity index (χ1v) is 9.87. The van der Waals surface area contributed by atoms with Crippen molar-refractivity contribution >= 4 is 21.6 Å². The molecule has 7 nitrogen and oxygen atoms in total. The summed E-state index contributed by atoms with van der Waals surface area (Å²) in [6, 6.07) is 14.2. The van der Waals surface area contributed by atoms with E-state index in [9.17, 15) is 13.2 Å². The second kappa shape index (κ2) is 9.16. The van der Waals surface area contributed by atoms with Crippen molar-refractivity contribution in [1.82, 2.24) is 4.72 Å². The van der Waals surface area contributed by atoms with Gasteiger partial charge in [-0.1, -0.05) is 13.0 Å². The van der Waals surface area contributed by atoms with E-state index in [4.69, 9.17) is 10.00 Å². The van der Waals surface area contributed by atoms with E-state index < -0.39 is 10.0 Å². The number of carbonyl (C=O) groups is 1. The molecule has 0 unspecified atom stereocenters. The van der Waals surface area contributed by atoms with Crippen LogP contribution in [0.25, 0.3) is 0 Å². The van der Waals surface area contributed by atoms with Crippen LogP contribution < -0.4 is 14.8 Å². The Bertz CT molecular complexity index is 934. The highest BCUT2D eigenvalue weighted by atomic mass is 32.2. The van der Waals surface area contributed by atoms with Gasteiger partial charge in [-0.15, -0.1) is 0 Å². The van der Waals surface area contributed by atoms with E-state index >= 15 is 0 Å². The molecule has 0 saturated heterocycles. The van der Waals surface area contributed by atoms with Crippen LogP contribution in [-0.4, -0.2) is 27.0 Å². The summed E-state index contributed by atoms with van der Waals surface area (Å²) >= 11 is 0. The Morgan fingerprint density at radius 3 is 2.56 bits per heavy atom. The number of amides is 1. The lowest BCUT2D eigenvalue weighted by atomic mass is 10.2. The van der Waals surface area contributed by atoms with E-state index in [1.165, 1.54) is 24.3 Å². The van der Waals surface area contributed by atoms with Crippen molar-refractivity contribution in [2.75, 3.05) is 11.9 Å². The Labute approximate surface area is 159 Å². The predicted molar refractivity (Wildman–Crippen MR) is 102 cm³/mol. The Hall–Kier alpha value is -2.89. The first-order valence-electron chi connectivity index (χ1n) is 8.39. The molecule has 0 heterocycles. The first-order chi connectivity index (χ1) is 12.8. The lowest BCUT2D eigenvalue weighted by Crippen LogP contribution is -2.31. The minimum absolute atomic E-state index is 0.132. The summed E-state index contributed by atoms with van der Waals surface area (Å²) in [7, 11) is -3.58. The van der Waals surface area contributed by atoms with Gasteiger partial charge in [0.05, 0.1) is 16.5 Å². The van der Waals surface area contributed by atoms with Crippen LogP contribution in [0, 0.1) is 11.3 Å². The molecule has 142 valence electrons. The van der Waals surface area contributed by atoms with Gasteiger partial charge < -0.3 is 10.1 Å². The Morgan fingerprint density at radius 2 is 1.93 bits per heavy atom. The zero-order valence-corrected chi connectivity index (χ0v) is 15.9. The molecule has 1 amide bonds. The van der Waals surface area contributed by atoms with E-state index in [-0.39, 0.29) is 23.5 Å². The van der Waals surface area contributed by atoms with Gasteiger partial charge in [0, 0.05) is 11.7 Å². The highest BCUT2D eigenvalue weighted by Gasteiger charge is 2.16. The fourth-order valence-electron chi connectivity index (χ4n) is 2.14. The van der Waals surface area contributed by atoms with Crippen molar-refractivity contribution in [3.05, 3.63) is 54.1 Å². The third kappa shape index (κ3) is 6.09. The molecule has 0 aromatic heterocycles. The third-order valence-electron chi connectivity index (χ3n) is 3.75. The molecule has 2 N–H and O–H groups in total. The topological polar surface area (TPSA) is 108 Å². The van der Waals surface area contributed by atoms with Gasteiger partial charge in [-0.2, -0.15) is 5.26 Å². The molecule has 8 heteroatoms. The van der Waals surface area contributed by atoms with Crippen LogP contribution in [0.4, 0.5) is 5.69 Å². The maximum absolute atomic E-state index is 12.2. The van der Waals surface area contributed by atoms with E-state index in [0.717, 1.165) is 0 Å². The highest BCUT2D eigenvalue weighted by molar-refractivity contribution is 7.89. The molecule has 2 aromatic rings. The number of rotatable bonds is 8. The molecule has 2 aromatic carbocycles. The van der Waals surface area contributed by atoms with E-state index in [1.807, 2.05) is 13.0 Å². The van der Waals surface area contributed by atoms with E-state index in [2.05, 4.69) is 10.0 Å². The minimum Gasteiger partial charge on any atom is -0.484 e. The summed E-state index contributed by atoms with van der Waals surface area (Å²) in [4.78, 5) is 12.1. The fraction of sp³-hybridized carbons (Fsp3) is 0.263. The van der Waals surface area contributed by atoms with Gasteiger partial charge in [-0.25, -0.2) is 13.1 Å². The van der Waals surface area contributed by atoms with Crippen molar-refractivity contribution in [3.63, 3.8) is 0 Å². The van der Waals surface area contributed by atoms with Gasteiger partial charge in [-0.05, 0) is 55.8 Å². The van der Waals surface area contributed by atoms with E-state index in [1.54, 1.807) is 31.2 Å². The molecule has 0 saturated carbocycles. The Balaban J connectivity index is 1.93. The zero-order valence-electron chi connectivity index (χ0n) is 15.1. The van der Waals surface area contributed by atoms with Gasteiger partial charge in [0.1, 0.15) is 5.75 Å². The maximum atomic E-state index is 12.2. The molecule has 0 radical (unpaired) electrons. The second-order valence-electron chi connectivity index (χ2n) is 5.93. The van der Waals surface area contributed by atoms with E-state index in [0.29, 0.717) is 23.4 Å². The van der Waals surface area contributed by atoms with Crippen molar-refractivity contribution in [2.45, 2.75) is 31.2 Å². The molecule has 1 atom stereocenters. The number of sulfonamides is 1. The van der Waals surface area contributed by atoms with Gasteiger partial charge in [0.25, 0.3) is 5.91 Å². The van der Waals surface area contributed by atoms with Crippen molar-refractivity contribution in [3.8, 4) is 11.8 Å². The quantitative estimate of drug-likeness (QED) is 0.724. The summed E-state index contributed by atoms with van der Waals surface area (Å²) in [6.07, 6.45) is 0.687. The number of nitrogens with zero attached hydrogens (tertiary/aromatic N) is 1. The smallest absolute Gasteiger partial charge is 0.262 e. The maximum Gasteiger partial charge on any atom is 0.262 e. The Morgan fingerprint density at radius 1 is 1.22 bits per heavy atom. The number of ether oxygens (including phenoxy) is 1. The molecule has 0 aliphatic heterocycles. The standard InChI is InChI=1S/C19H21N3O4S/c1-3-14(2)22-27(24,25)18-9-7-17(8-10-18)26-13-19(23)21-16-6-4-5-15(11-16)12-20/h4-11,14,22H,3,13H2,1-2H3,(H,21,23)/t14-/m1/s1. The fourth-order valence-corrected chi connectivity index (χ4v) is 3.47. The van der Waals surface area contributed by atoms with Crippen LogP contribution in [0.5, 0.6) is 5.75 Å². The van der Waals surface area contributed by atoms with Crippen molar-refractivity contribution in [2.24, 2.45) is 0 Å². The van der Waals surface area contributed by atoms with Crippen molar-refractivity contribution in [1.29, 1.82) is 5.26 Å². The number of hydrogen-bond acceptors (Lipinski definition) is 5. The zero-order chi connectivity index (χ0) is 19.9. The number of carbonyl (C=O) groups excluding carboxylic acids is 1. The van der Waals surface area contributed by atoms with Gasteiger partial charge in [0.2, 0.25) is 10.0 Å². The number of hydrogen-bond donors (Lipinski definition) is 2. The molecule has 0 fully saturated rings.